The number of nitrogens with zero attached hydrogens (tertiary/aromatic N) is 1. The van der Waals surface area contributed by atoms with E-state index in [2.05, 4.69) is 15.0 Å². The number of aromatic nitrogens is 1. The monoisotopic (exact) mass is 465 g/mol. The Hall–Kier alpha value is -3.82. The van der Waals surface area contributed by atoms with Gasteiger partial charge in [0, 0.05) is 12.1 Å². The van der Waals surface area contributed by atoms with Gasteiger partial charge in [0.15, 0.2) is 5.76 Å². The quantitative estimate of drug-likeness (QED) is 0.430. The first kappa shape index (κ1) is 22.4. The number of hydrogen-bond acceptors (Lipinski definition) is 5. The normalized spacial score (nSPS) is 11.3. The lowest BCUT2D eigenvalue weighted by atomic mass is 10.1. The van der Waals surface area contributed by atoms with Crippen molar-refractivity contribution in [2.45, 2.75) is 11.4 Å². The number of amides is 1. The summed E-state index contributed by atoms with van der Waals surface area (Å²) in [6.45, 7) is 0.117. The molecule has 1 aromatic heterocycles. The van der Waals surface area contributed by atoms with Crippen molar-refractivity contribution in [2.75, 3.05) is 7.05 Å². The van der Waals surface area contributed by atoms with Crippen LogP contribution in [-0.4, -0.2) is 26.4 Å². The van der Waals surface area contributed by atoms with E-state index in [0.29, 0.717) is 16.7 Å². The van der Waals surface area contributed by atoms with Crippen molar-refractivity contribution in [1.29, 1.82) is 0 Å². The van der Waals surface area contributed by atoms with Gasteiger partial charge in [0.05, 0.1) is 22.2 Å². The standard InChI is InChI=1S/C24H20FN3O4S/c1-26-33(30,31)17-8-6-7-16(13-17)14-27-23(29)18-9-2-3-10-19(18)24-28-15-22(32-24)20-11-4-5-12-21(20)25/h2-13,15,26H,14H2,1H3,(H,27,29). The summed E-state index contributed by atoms with van der Waals surface area (Å²) < 4.78 is 46.1. The molecule has 0 bridgehead atoms. The summed E-state index contributed by atoms with van der Waals surface area (Å²) >= 11 is 0. The first-order valence-electron chi connectivity index (χ1n) is 10.00. The number of benzene rings is 3. The molecule has 0 aliphatic carbocycles. The highest BCUT2D eigenvalue weighted by Gasteiger charge is 2.18. The summed E-state index contributed by atoms with van der Waals surface area (Å²) in [6, 6.07) is 19.2. The van der Waals surface area contributed by atoms with E-state index in [-0.39, 0.29) is 28.7 Å². The maximum Gasteiger partial charge on any atom is 0.252 e. The first-order chi connectivity index (χ1) is 15.9. The zero-order chi connectivity index (χ0) is 23.4. The molecule has 4 rings (SSSR count). The van der Waals surface area contributed by atoms with Crippen molar-refractivity contribution in [3.05, 3.63) is 95.9 Å². The number of carbonyl (C=O) groups is 1. The highest BCUT2D eigenvalue weighted by molar-refractivity contribution is 7.89. The second-order valence-electron chi connectivity index (χ2n) is 7.09. The lowest BCUT2D eigenvalue weighted by Crippen LogP contribution is -2.24. The van der Waals surface area contributed by atoms with Crippen LogP contribution in [0.3, 0.4) is 0 Å². The molecule has 0 aliphatic heterocycles. The van der Waals surface area contributed by atoms with Crippen LogP contribution in [0.15, 0.2) is 88.3 Å². The maximum absolute atomic E-state index is 14.1. The molecule has 4 aromatic rings. The molecule has 2 N–H and O–H groups in total. The van der Waals surface area contributed by atoms with E-state index in [1.807, 2.05) is 0 Å². The summed E-state index contributed by atoms with van der Waals surface area (Å²) in [6.07, 6.45) is 1.41. The number of nitrogens with one attached hydrogen (secondary N) is 2. The minimum Gasteiger partial charge on any atom is -0.436 e. The van der Waals surface area contributed by atoms with Crippen molar-refractivity contribution in [2.24, 2.45) is 0 Å². The Morgan fingerprint density at radius 2 is 1.73 bits per heavy atom. The lowest BCUT2D eigenvalue weighted by Gasteiger charge is -2.10. The fraction of sp³-hybridized carbons (Fsp3) is 0.0833. The molecular weight excluding hydrogens is 445 g/mol. The van der Waals surface area contributed by atoms with Gasteiger partial charge >= 0.3 is 0 Å². The van der Waals surface area contributed by atoms with Gasteiger partial charge in [-0.15, -0.1) is 0 Å². The number of carbonyl (C=O) groups excluding carboxylic acids is 1. The molecule has 0 saturated carbocycles. The Morgan fingerprint density at radius 3 is 2.48 bits per heavy atom. The second-order valence-corrected chi connectivity index (χ2v) is 8.98. The van der Waals surface area contributed by atoms with E-state index in [0.717, 1.165) is 0 Å². The molecule has 0 saturated heterocycles. The molecule has 0 radical (unpaired) electrons. The summed E-state index contributed by atoms with van der Waals surface area (Å²) in [5, 5.41) is 2.79. The van der Waals surface area contributed by atoms with Gasteiger partial charge in [-0.1, -0.05) is 36.4 Å². The molecule has 9 heteroatoms. The summed E-state index contributed by atoms with van der Waals surface area (Å²) in [4.78, 5) is 17.2. The molecule has 0 fully saturated rings. The average Bonchev–Trinajstić information content (AvgIpc) is 3.33. The molecule has 0 atom stereocenters. The van der Waals surface area contributed by atoms with Gasteiger partial charge in [-0.2, -0.15) is 0 Å². The molecule has 0 aliphatic rings. The second kappa shape index (κ2) is 9.35. The van der Waals surface area contributed by atoms with Crippen LogP contribution in [0.4, 0.5) is 4.39 Å². The first-order valence-corrected chi connectivity index (χ1v) is 11.5. The van der Waals surface area contributed by atoms with Crippen molar-refractivity contribution in [1.82, 2.24) is 15.0 Å². The van der Waals surface area contributed by atoms with Crippen molar-refractivity contribution >= 4 is 15.9 Å². The number of oxazole rings is 1. The third-order valence-corrected chi connectivity index (χ3v) is 6.39. The van der Waals surface area contributed by atoms with Gasteiger partial charge in [0.2, 0.25) is 15.9 Å². The van der Waals surface area contributed by atoms with E-state index in [1.165, 1.54) is 31.4 Å². The summed E-state index contributed by atoms with van der Waals surface area (Å²) in [5.41, 5.74) is 1.66. The minimum atomic E-state index is -3.59. The van der Waals surface area contributed by atoms with Gasteiger partial charge in [0.1, 0.15) is 5.82 Å². The molecule has 0 unspecified atom stereocenters. The molecule has 168 valence electrons. The molecule has 33 heavy (non-hydrogen) atoms. The third kappa shape index (κ3) is 4.84. The van der Waals surface area contributed by atoms with Crippen LogP contribution in [0, 0.1) is 5.82 Å². The minimum absolute atomic E-state index is 0.109. The van der Waals surface area contributed by atoms with Crippen molar-refractivity contribution < 1.29 is 22.0 Å². The fourth-order valence-electron chi connectivity index (χ4n) is 3.27. The SMILES string of the molecule is CNS(=O)(=O)c1cccc(CNC(=O)c2ccccc2-c2ncc(-c3ccccc3F)o2)c1. The highest BCUT2D eigenvalue weighted by atomic mass is 32.2. The maximum atomic E-state index is 14.1. The number of rotatable bonds is 7. The Kier molecular flexibility index (Phi) is 6.34. The van der Waals surface area contributed by atoms with E-state index < -0.39 is 21.7 Å². The number of hydrogen-bond donors (Lipinski definition) is 2. The molecular formula is C24H20FN3O4S. The Morgan fingerprint density at radius 1 is 1.00 bits per heavy atom. The third-order valence-electron chi connectivity index (χ3n) is 4.98. The molecule has 1 heterocycles. The molecule has 0 spiro atoms. The van der Waals surface area contributed by atoms with Gasteiger partial charge in [0.25, 0.3) is 5.91 Å². The Balaban J connectivity index is 1.56. The van der Waals surface area contributed by atoms with Crippen LogP contribution >= 0.6 is 0 Å². The molecule has 1 amide bonds. The van der Waals surface area contributed by atoms with Crippen LogP contribution < -0.4 is 10.0 Å². The number of halogens is 1. The summed E-state index contributed by atoms with van der Waals surface area (Å²) in [5.74, 6) is -0.395. The van der Waals surface area contributed by atoms with Gasteiger partial charge in [-0.3, -0.25) is 4.79 Å². The Labute approximate surface area is 190 Å². The van der Waals surface area contributed by atoms with Gasteiger partial charge in [-0.05, 0) is 49.0 Å². The van der Waals surface area contributed by atoms with Crippen molar-refractivity contribution in [3.63, 3.8) is 0 Å². The van der Waals surface area contributed by atoms with Crippen LogP contribution in [0.5, 0.6) is 0 Å². The van der Waals surface area contributed by atoms with E-state index in [1.54, 1.807) is 54.6 Å². The smallest absolute Gasteiger partial charge is 0.252 e. The van der Waals surface area contributed by atoms with E-state index in [9.17, 15) is 17.6 Å². The zero-order valence-corrected chi connectivity index (χ0v) is 18.4. The van der Waals surface area contributed by atoms with Gasteiger partial charge < -0.3 is 9.73 Å². The van der Waals surface area contributed by atoms with Crippen LogP contribution in [0.2, 0.25) is 0 Å². The fourth-order valence-corrected chi connectivity index (χ4v) is 4.07. The zero-order valence-electron chi connectivity index (χ0n) is 17.6. The molecule has 7 nitrogen and oxygen atoms in total. The predicted molar refractivity (Wildman–Crippen MR) is 121 cm³/mol. The predicted octanol–water partition coefficient (Wildman–Crippen LogP) is 3.99. The van der Waals surface area contributed by atoms with E-state index in [4.69, 9.17) is 4.42 Å². The summed E-state index contributed by atoms with van der Waals surface area (Å²) in [7, 11) is -2.25. The van der Waals surface area contributed by atoms with Crippen LogP contribution in [0.25, 0.3) is 22.8 Å². The van der Waals surface area contributed by atoms with E-state index >= 15 is 0 Å². The van der Waals surface area contributed by atoms with Crippen molar-refractivity contribution in [3.8, 4) is 22.8 Å². The van der Waals surface area contributed by atoms with Crippen LogP contribution in [-0.2, 0) is 16.6 Å². The average molecular weight is 466 g/mol. The van der Waals surface area contributed by atoms with Gasteiger partial charge in [-0.25, -0.2) is 22.5 Å². The lowest BCUT2D eigenvalue weighted by molar-refractivity contribution is 0.0951. The number of sulfonamides is 1. The molecule has 3 aromatic carbocycles. The Bertz CT molecular complexity index is 1420. The van der Waals surface area contributed by atoms with Crippen LogP contribution in [0.1, 0.15) is 15.9 Å². The highest BCUT2D eigenvalue weighted by Crippen LogP contribution is 2.29. The topological polar surface area (TPSA) is 101 Å². The largest absolute Gasteiger partial charge is 0.436 e.